The highest BCUT2D eigenvalue weighted by molar-refractivity contribution is 8.48. The molecule has 8 heavy (non-hydrogen) atoms. The third kappa shape index (κ3) is 4.09. The van der Waals surface area contributed by atoms with Crippen molar-refractivity contribution in [1.82, 2.24) is 0 Å². The van der Waals surface area contributed by atoms with Crippen LogP contribution < -0.4 is 0 Å². The Balaban J connectivity index is 0.000000222. The van der Waals surface area contributed by atoms with Gasteiger partial charge in [0, 0.05) is 11.7 Å². The lowest BCUT2D eigenvalue weighted by atomic mass is 10.4. The smallest absolute Gasteiger partial charge is 0.0623 e. The predicted molar refractivity (Wildman–Crippen MR) is 45.6 cm³/mol. The first-order chi connectivity index (χ1) is 4.00. The van der Waals surface area contributed by atoms with E-state index in [1.807, 2.05) is 36.4 Å². The van der Waals surface area contributed by atoms with Gasteiger partial charge in [0.05, 0.1) is 11.7 Å². The van der Waals surface area contributed by atoms with Crippen LogP contribution in [-0.2, 0) is 11.7 Å². The van der Waals surface area contributed by atoms with Crippen LogP contribution in [0.5, 0.6) is 0 Å². The van der Waals surface area contributed by atoms with Crippen molar-refractivity contribution in [3.05, 3.63) is 36.4 Å². The summed E-state index contributed by atoms with van der Waals surface area (Å²) in [4.78, 5) is 0. The lowest BCUT2D eigenvalue weighted by molar-refractivity contribution is 1.72. The van der Waals surface area contributed by atoms with Crippen molar-refractivity contribution in [2.24, 2.45) is 0 Å². The Morgan fingerprint density at radius 2 is 0.750 bits per heavy atom. The summed E-state index contributed by atoms with van der Waals surface area (Å²) in [5, 5.41) is 0. The molecule has 44 valence electrons. The summed E-state index contributed by atoms with van der Waals surface area (Å²) in [6.45, 7) is 0. The zero-order valence-corrected chi connectivity index (χ0v) is 6.31. The van der Waals surface area contributed by atoms with Gasteiger partial charge in [0.15, 0.2) is 0 Å². The van der Waals surface area contributed by atoms with E-state index in [2.05, 4.69) is 23.3 Å². The summed E-state index contributed by atoms with van der Waals surface area (Å²) < 4.78 is 0. The SMILES string of the molecule is S[SH2+].c1ccccc1. The fourth-order valence-corrected chi connectivity index (χ4v) is 0.385. The van der Waals surface area contributed by atoms with Gasteiger partial charge < -0.3 is 0 Å². The van der Waals surface area contributed by atoms with Crippen LogP contribution in [0.4, 0.5) is 0 Å². The molecule has 1 rings (SSSR count). The first-order valence-corrected chi connectivity index (χ1v) is 4.01. The third-order valence-electron chi connectivity index (χ3n) is 0.667. The van der Waals surface area contributed by atoms with E-state index in [1.54, 1.807) is 0 Å². The van der Waals surface area contributed by atoms with Crippen LogP contribution in [0.25, 0.3) is 0 Å². The summed E-state index contributed by atoms with van der Waals surface area (Å²) >= 11 is 6.00. The van der Waals surface area contributed by atoms with Crippen molar-refractivity contribution >= 4 is 23.3 Å². The van der Waals surface area contributed by atoms with Crippen molar-refractivity contribution in [3.8, 4) is 0 Å². The van der Waals surface area contributed by atoms with Gasteiger partial charge in [-0.25, -0.2) is 0 Å². The van der Waals surface area contributed by atoms with Gasteiger partial charge in [-0.2, -0.15) is 0 Å². The molecule has 2 heteroatoms. The van der Waals surface area contributed by atoms with Crippen LogP contribution >= 0.6 is 11.7 Å². The van der Waals surface area contributed by atoms with E-state index in [0.717, 1.165) is 0 Å². The molecule has 0 amide bonds. The minimum Gasteiger partial charge on any atom is -0.0623 e. The van der Waals surface area contributed by atoms with Crippen molar-refractivity contribution < 1.29 is 0 Å². The zero-order valence-electron chi connectivity index (χ0n) is 4.41. The molecule has 0 aromatic heterocycles. The van der Waals surface area contributed by atoms with Gasteiger partial charge in [0.2, 0.25) is 0 Å². The van der Waals surface area contributed by atoms with Gasteiger partial charge in [-0.05, 0) is 0 Å². The van der Waals surface area contributed by atoms with E-state index >= 15 is 0 Å². The Labute approximate surface area is 60.1 Å². The average molecular weight is 145 g/mol. The normalized spacial score (nSPS) is 6.75. The Bertz CT molecular complexity index is 78.5. The number of rotatable bonds is 0. The average Bonchev–Trinajstić information content (AvgIpc) is 1.96. The Morgan fingerprint density at radius 1 is 0.625 bits per heavy atom. The van der Waals surface area contributed by atoms with Gasteiger partial charge >= 0.3 is 0 Å². The van der Waals surface area contributed by atoms with E-state index in [0.29, 0.717) is 0 Å². The second kappa shape index (κ2) is 6.92. The topological polar surface area (TPSA) is 0 Å². The maximum absolute atomic E-state index is 3.33. The van der Waals surface area contributed by atoms with Gasteiger partial charge in [-0.3, -0.25) is 0 Å². The predicted octanol–water partition coefficient (Wildman–Crippen LogP) is 1.53. The molecule has 0 radical (unpaired) electrons. The van der Waals surface area contributed by atoms with Crippen molar-refractivity contribution in [3.63, 3.8) is 0 Å². The highest BCUT2D eigenvalue weighted by Crippen LogP contribution is 1.79. The van der Waals surface area contributed by atoms with Crippen LogP contribution in [0.1, 0.15) is 0 Å². The van der Waals surface area contributed by atoms with Crippen LogP contribution in [0.15, 0.2) is 36.4 Å². The summed E-state index contributed by atoms with van der Waals surface area (Å²) in [5.41, 5.74) is 0. The largest absolute Gasteiger partial charge is 0.0705 e. The highest BCUT2D eigenvalue weighted by atomic mass is 33.1. The molecule has 1 aromatic rings. The van der Waals surface area contributed by atoms with Gasteiger partial charge in [-0.1, -0.05) is 36.4 Å². The van der Waals surface area contributed by atoms with Gasteiger partial charge in [0.25, 0.3) is 0 Å². The number of thiol groups is 1. The second-order valence-electron chi connectivity index (χ2n) is 1.15. The highest BCUT2D eigenvalue weighted by Gasteiger charge is 1.57. The van der Waals surface area contributed by atoms with E-state index < -0.39 is 0 Å². The van der Waals surface area contributed by atoms with Crippen molar-refractivity contribution in [2.75, 3.05) is 0 Å². The maximum Gasteiger partial charge on any atom is 0.0705 e. The maximum atomic E-state index is 3.33. The minimum absolute atomic E-state index is 2.00. The molecule has 1 aromatic carbocycles. The third-order valence-corrected chi connectivity index (χ3v) is 0.667. The molecule has 0 N–H and O–H groups in total. The molecule has 0 aliphatic carbocycles. The summed E-state index contributed by atoms with van der Waals surface area (Å²) in [6.07, 6.45) is 0. The molecule has 0 heterocycles. The monoisotopic (exact) mass is 145 g/mol. The standard InChI is InChI=1S/C6H6.H2S2/c1-2-4-6-5-3-1;1-2/h1-6H;1-2H/p+1. The molecule has 0 atom stereocenters. The van der Waals surface area contributed by atoms with E-state index in [9.17, 15) is 0 Å². The summed E-state index contributed by atoms with van der Waals surface area (Å²) in [6, 6.07) is 12.0. The lowest BCUT2D eigenvalue weighted by Crippen LogP contribution is -1.47. The summed E-state index contributed by atoms with van der Waals surface area (Å²) in [7, 11) is 0. The van der Waals surface area contributed by atoms with Crippen LogP contribution in [0, 0.1) is 0 Å². The second-order valence-corrected chi connectivity index (χ2v) is 1.15. The number of hydrogen-bond donors (Lipinski definition) is 1. The molecule has 0 aliphatic rings. The Kier molecular flexibility index (Phi) is 6.85. The molecule has 0 saturated carbocycles. The Morgan fingerprint density at radius 3 is 0.875 bits per heavy atom. The molecule has 0 saturated heterocycles. The molecule has 0 aliphatic heterocycles. The minimum atomic E-state index is 2.00. The fraction of sp³-hybridized carbons (Fsp3) is 0. The summed E-state index contributed by atoms with van der Waals surface area (Å²) in [5.74, 6) is 0. The van der Waals surface area contributed by atoms with E-state index in [-0.39, 0.29) is 0 Å². The molecule has 0 nitrogen and oxygen atoms in total. The molecular formula is C6H9S2+. The fourth-order valence-electron chi connectivity index (χ4n) is 0.385. The van der Waals surface area contributed by atoms with Crippen LogP contribution in [0.2, 0.25) is 0 Å². The van der Waals surface area contributed by atoms with Crippen LogP contribution in [-0.4, -0.2) is 0 Å². The molecule has 0 unspecified atom stereocenters. The van der Waals surface area contributed by atoms with Gasteiger partial charge in [0.1, 0.15) is 0 Å². The van der Waals surface area contributed by atoms with Crippen molar-refractivity contribution in [2.45, 2.75) is 0 Å². The first kappa shape index (κ1) is 7.92. The van der Waals surface area contributed by atoms with Crippen LogP contribution in [0.3, 0.4) is 0 Å². The zero-order chi connectivity index (χ0) is 6.24. The lowest BCUT2D eigenvalue weighted by Gasteiger charge is -1.69. The quantitative estimate of drug-likeness (QED) is 0.319. The van der Waals surface area contributed by atoms with Crippen molar-refractivity contribution in [1.29, 1.82) is 0 Å². The van der Waals surface area contributed by atoms with E-state index in [1.165, 1.54) is 0 Å². The van der Waals surface area contributed by atoms with Gasteiger partial charge in [-0.15, -0.1) is 0 Å². The molecule has 0 spiro atoms. The molecule has 0 fully saturated rings. The first-order valence-electron chi connectivity index (χ1n) is 2.22. The molecule has 0 bridgehead atoms. The molecular weight excluding hydrogens is 136 g/mol. The number of benzene rings is 1. The van der Waals surface area contributed by atoms with E-state index in [4.69, 9.17) is 0 Å². The Hall–Kier alpha value is -0.0800. The number of hydrogen-bond acceptors (Lipinski definition) is 1.